The van der Waals surface area contributed by atoms with E-state index >= 15 is 0 Å². The molecule has 0 radical (unpaired) electrons. The normalized spacial score (nSPS) is 25.2. The van der Waals surface area contributed by atoms with E-state index in [0.717, 1.165) is 22.4 Å². The SMILES string of the molecule is O=C1N(c2ccccc2)[C@H](c2ccc(-c3cccc(O)c3)cc2O)C12CCC(O)(c1ccccc1)CC2. The number of hydrogen-bond acceptors (Lipinski definition) is 4. The Morgan fingerprint density at radius 3 is 2.00 bits per heavy atom. The molecule has 1 amide bonds. The summed E-state index contributed by atoms with van der Waals surface area (Å²) >= 11 is 0. The highest BCUT2D eigenvalue weighted by Crippen LogP contribution is 2.62. The van der Waals surface area contributed by atoms with Crippen molar-refractivity contribution in [3.05, 3.63) is 114 Å². The first kappa shape index (κ1) is 23.3. The number of aromatic hydroxyl groups is 2. The molecule has 0 bridgehead atoms. The van der Waals surface area contributed by atoms with Crippen LogP contribution < -0.4 is 4.90 Å². The van der Waals surface area contributed by atoms with Gasteiger partial charge in [-0.3, -0.25) is 4.79 Å². The molecule has 1 spiro atoms. The minimum atomic E-state index is -0.967. The van der Waals surface area contributed by atoms with Crippen LogP contribution in [0.25, 0.3) is 11.1 Å². The van der Waals surface area contributed by atoms with Crippen LogP contribution in [0.15, 0.2) is 103 Å². The average molecular weight is 492 g/mol. The van der Waals surface area contributed by atoms with Gasteiger partial charge in [-0.25, -0.2) is 0 Å². The Labute approximate surface area is 216 Å². The van der Waals surface area contributed by atoms with Crippen LogP contribution in [-0.4, -0.2) is 21.2 Å². The molecule has 1 aliphatic carbocycles. The quantitative estimate of drug-likeness (QED) is 0.293. The maximum Gasteiger partial charge on any atom is 0.236 e. The second-order valence-corrected chi connectivity index (χ2v) is 10.3. The summed E-state index contributed by atoms with van der Waals surface area (Å²) in [4.78, 5) is 15.6. The van der Waals surface area contributed by atoms with Gasteiger partial charge in [0.25, 0.3) is 0 Å². The van der Waals surface area contributed by atoms with Crippen molar-refractivity contribution in [2.75, 3.05) is 4.90 Å². The number of aliphatic hydroxyl groups is 1. The smallest absolute Gasteiger partial charge is 0.236 e. The monoisotopic (exact) mass is 491 g/mol. The topological polar surface area (TPSA) is 81.0 Å². The predicted molar refractivity (Wildman–Crippen MR) is 143 cm³/mol. The highest BCUT2D eigenvalue weighted by Gasteiger charge is 2.64. The highest BCUT2D eigenvalue weighted by atomic mass is 16.3. The number of β-lactam (4-membered cyclic amide) rings is 1. The van der Waals surface area contributed by atoms with E-state index in [0.29, 0.717) is 31.2 Å². The van der Waals surface area contributed by atoms with E-state index in [1.165, 1.54) is 0 Å². The Kier molecular flexibility index (Phi) is 5.54. The molecule has 1 heterocycles. The maximum atomic E-state index is 13.8. The number of phenols is 2. The molecule has 4 aromatic rings. The first-order valence-corrected chi connectivity index (χ1v) is 12.7. The molecule has 1 atom stereocenters. The second kappa shape index (κ2) is 8.79. The molecule has 2 fully saturated rings. The summed E-state index contributed by atoms with van der Waals surface area (Å²) in [7, 11) is 0. The van der Waals surface area contributed by atoms with Gasteiger partial charge in [0.05, 0.1) is 17.1 Å². The Bertz CT molecular complexity index is 1440. The standard InChI is InChI=1S/C32H29NO4/c34-26-13-7-8-22(20-26)23-14-15-27(28(35)21-23)29-31(30(36)33(29)25-11-5-2-6-12-25)16-18-32(37,19-17-31)24-9-3-1-4-10-24/h1-15,20-21,29,34-35,37H,16-19H2/t29-,31?,32?/m1/s1. The third-order valence-electron chi connectivity index (χ3n) is 8.25. The summed E-state index contributed by atoms with van der Waals surface area (Å²) in [5, 5.41) is 32.6. The van der Waals surface area contributed by atoms with Crippen LogP contribution in [0, 0.1) is 5.41 Å². The minimum absolute atomic E-state index is 0.0373. The van der Waals surface area contributed by atoms with Crippen LogP contribution in [0.3, 0.4) is 0 Å². The third-order valence-corrected chi connectivity index (χ3v) is 8.25. The molecule has 0 aromatic heterocycles. The van der Waals surface area contributed by atoms with Crippen molar-refractivity contribution in [2.24, 2.45) is 5.41 Å². The van der Waals surface area contributed by atoms with E-state index in [-0.39, 0.29) is 23.4 Å². The van der Waals surface area contributed by atoms with Gasteiger partial charge in [0.15, 0.2) is 0 Å². The Morgan fingerprint density at radius 2 is 1.35 bits per heavy atom. The molecule has 1 aliphatic heterocycles. The van der Waals surface area contributed by atoms with Gasteiger partial charge in [0.2, 0.25) is 5.91 Å². The van der Waals surface area contributed by atoms with Gasteiger partial charge in [-0.15, -0.1) is 0 Å². The highest BCUT2D eigenvalue weighted by molar-refractivity contribution is 6.06. The number of amides is 1. The van der Waals surface area contributed by atoms with E-state index in [1.807, 2.05) is 78.9 Å². The van der Waals surface area contributed by atoms with Crippen molar-refractivity contribution in [1.29, 1.82) is 0 Å². The van der Waals surface area contributed by atoms with E-state index in [1.54, 1.807) is 29.2 Å². The van der Waals surface area contributed by atoms with Crippen molar-refractivity contribution in [3.63, 3.8) is 0 Å². The summed E-state index contributed by atoms with van der Waals surface area (Å²) in [5.41, 5.74) is 2.29. The van der Waals surface area contributed by atoms with E-state index in [2.05, 4.69) is 0 Å². The van der Waals surface area contributed by atoms with Crippen molar-refractivity contribution in [2.45, 2.75) is 37.3 Å². The van der Waals surface area contributed by atoms with Crippen molar-refractivity contribution >= 4 is 11.6 Å². The first-order chi connectivity index (χ1) is 17.9. The fraction of sp³-hybridized carbons (Fsp3) is 0.219. The number of carbonyl (C=O) groups is 1. The fourth-order valence-corrected chi connectivity index (χ4v) is 6.22. The summed E-state index contributed by atoms with van der Waals surface area (Å²) in [5.74, 6) is 0.311. The van der Waals surface area contributed by atoms with Crippen LogP contribution in [0.1, 0.15) is 42.9 Å². The van der Waals surface area contributed by atoms with Crippen molar-refractivity contribution in [1.82, 2.24) is 0 Å². The van der Waals surface area contributed by atoms with E-state index in [4.69, 9.17) is 0 Å². The van der Waals surface area contributed by atoms with Gasteiger partial charge in [0, 0.05) is 11.3 Å². The van der Waals surface area contributed by atoms with Gasteiger partial charge in [-0.1, -0.05) is 72.8 Å². The van der Waals surface area contributed by atoms with Crippen molar-refractivity contribution in [3.8, 4) is 22.6 Å². The Hall–Kier alpha value is -4.09. The number of hydrogen-bond donors (Lipinski definition) is 3. The van der Waals surface area contributed by atoms with Crippen LogP contribution in [0.2, 0.25) is 0 Å². The number of phenolic OH excluding ortho intramolecular Hbond substituents is 2. The van der Waals surface area contributed by atoms with Gasteiger partial charge in [-0.2, -0.15) is 0 Å². The lowest BCUT2D eigenvalue weighted by atomic mass is 9.56. The maximum absolute atomic E-state index is 13.8. The zero-order valence-corrected chi connectivity index (χ0v) is 20.4. The molecule has 6 rings (SSSR count). The molecular weight excluding hydrogens is 462 g/mol. The lowest BCUT2D eigenvalue weighted by molar-refractivity contribution is -0.149. The van der Waals surface area contributed by atoms with Crippen LogP contribution >= 0.6 is 0 Å². The molecule has 37 heavy (non-hydrogen) atoms. The number of nitrogens with zero attached hydrogens (tertiary/aromatic N) is 1. The summed E-state index contributed by atoms with van der Waals surface area (Å²) in [6.07, 6.45) is 2.01. The molecule has 5 nitrogen and oxygen atoms in total. The Morgan fingerprint density at radius 1 is 0.703 bits per heavy atom. The molecule has 2 aliphatic rings. The lowest BCUT2D eigenvalue weighted by Crippen LogP contribution is -2.65. The lowest BCUT2D eigenvalue weighted by Gasteiger charge is -2.59. The fourth-order valence-electron chi connectivity index (χ4n) is 6.22. The van der Waals surface area contributed by atoms with Gasteiger partial charge >= 0.3 is 0 Å². The Balaban J connectivity index is 1.38. The zero-order valence-electron chi connectivity index (χ0n) is 20.4. The van der Waals surface area contributed by atoms with Gasteiger partial charge in [0.1, 0.15) is 11.5 Å². The van der Waals surface area contributed by atoms with E-state index in [9.17, 15) is 20.1 Å². The molecule has 1 saturated heterocycles. The van der Waals surface area contributed by atoms with Crippen molar-refractivity contribution < 1.29 is 20.1 Å². The summed E-state index contributed by atoms with van der Waals surface area (Å²) in [6.45, 7) is 0. The van der Waals surface area contributed by atoms with Gasteiger partial charge in [-0.05, 0) is 72.7 Å². The molecule has 3 N–H and O–H groups in total. The first-order valence-electron chi connectivity index (χ1n) is 12.7. The molecule has 4 aromatic carbocycles. The van der Waals surface area contributed by atoms with Gasteiger partial charge < -0.3 is 20.2 Å². The third kappa shape index (κ3) is 3.78. The molecule has 186 valence electrons. The molecule has 1 saturated carbocycles. The average Bonchev–Trinajstić information content (AvgIpc) is 2.93. The minimum Gasteiger partial charge on any atom is -0.508 e. The molecule has 5 heteroatoms. The number of rotatable bonds is 4. The molecule has 0 unspecified atom stereocenters. The number of anilines is 1. The summed E-state index contributed by atoms with van der Waals surface area (Å²) < 4.78 is 0. The zero-order chi connectivity index (χ0) is 25.6. The largest absolute Gasteiger partial charge is 0.508 e. The number of carbonyl (C=O) groups excluding carboxylic acids is 1. The summed E-state index contributed by atoms with van der Waals surface area (Å²) in [6, 6.07) is 31.3. The van der Waals surface area contributed by atoms with Crippen LogP contribution in [-0.2, 0) is 10.4 Å². The predicted octanol–water partition coefficient (Wildman–Crippen LogP) is 6.30. The second-order valence-electron chi connectivity index (χ2n) is 10.3. The molecular formula is C32H29NO4. The van der Waals surface area contributed by atoms with Crippen LogP contribution in [0.5, 0.6) is 11.5 Å². The number of benzene rings is 4. The van der Waals surface area contributed by atoms with E-state index < -0.39 is 11.0 Å². The van der Waals surface area contributed by atoms with Crippen LogP contribution in [0.4, 0.5) is 5.69 Å². The number of para-hydroxylation sites is 1.